The Hall–Kier alpha value is -1.20. The van der Waals surface area contributed by atoms with Crippen LogP contribution in [0.1, 0.15) is 19.3 Å². The molecule has 1 atom stereocenters. The smallest absolute Gasteiger partial charge is 0.162 e. The summed E-state index contributed by atoms with van der Waals surface area (Å²) in [6.07, 6.45) is 3.63. The standard InChI is InChI=1S/C14H20F2N2O/c15-13-5-4-12(8-14(13)16)19-10-11(9-17)18-6-2-1-3-7-18/h4-5,8,11H,1-3,6-7,9-10,17H2. The van der Waals surface area contributed by atoms with Gasteiger partial charge in [-0.1, -0.05) is 6.42 Å². The third-order valence-corrected chi connectivity index (χ3v) is 3.51. The largest absolute Gasteiger partial charge is 0.492 e. The van der Waals surface area contributed by atoms with Gasteiger partial charge < -0.3 is 10.5 Å². The molecule has 0 amide bonds. The van der Waals surface area contributed by atoms with Crippen LogP contribution in [-0.2, 0) is 0 Å². The van der Waals surface area contributed by atoms with E-state index < -0.39 is 11.6 Å². The van der Waals surface area contributed by atoms with Gasteiger partial charge in [0, 0.05) is 12.6 Å². The lowest BCUT2D eigenvalue weighted by atomic mass is 10.1. The zero-order valence-electron chi connectivity index (χ0n) is 10.9. The summed E-state index contributed by atoms with van der Waals surface area (Å²) in [6, 6.07) is 3.71. The van der Waals surface area contributed by atoms with Gasteiger partial charge >= 0.3 is 0 Å². The lowest BCUT2D eigenvalue weighted by Gasteiger charge is -2.33. The summed E-state index contributed by atoms with van der Waals surface area (Å²) in [5.41, 5.74) is 5.77. The molecular formula is C14H20F2N2O. The molecule has 1 aliphatic rings. The summed E-state index contributed by atoms with van der Waals surface area (Å²) in [5, 5.41) is 0. The Morgan fingerprint density at radius 1 is 1.16 bits per heavy atom. The molecule has 2 rings (SSSR count). The van der Waals surface area contributed by atoms with Crippen LogP contribution in [0.4, 0.5) is 8.78 Å². The Balaban J connectivity index is 1.89. The minimum Gasteiger partial charge on any atom is -0.492 e. The van der Waals surface area contributed by atoms with Crippen molar-refractivity contribution in [3.05, 3.63) is 29.8 Å². The van der Waals surface area contributed by atoms with Gasteiger partial charge in [0.2, 0.25) is 0 Å². The van der Waals surface area contributed by atoms with Crippen LogP contribution in [0.15, 0.2) is 18.2 Å². The molecule has 1 aliphatic heterocycles. The molecule has 0 bridgehead atoms. The van der Waals surface area contributed by atoms with Crippen molar-refractivity contribution in [2.75, 3.05) is 26.2 Å². The number of hydrogen-bond acceptors (Lipinski definition) is 3. The summed E-state index contributed by atoms with van der Waals surface area (Å²) in [6.45, 7) is 2.97. The van der Waals surface area contributed by atoms with E-state index in [-0.39, 0.29) is 6.04 Å². The van der Waals surface area contributed by atoms with Crippen LogP contribution in [0.2, 0.25) is 0 Å². The summed E-state index contributed by atoms with van der Waals surface area (Å²) < 4.78 is 31.4. The van der Waals surface area contributed by atoms with E-state index in [1.165, 1.54) is 25.3 Å². The van der Waals surface area contributed by atoms with Crippen molar-refractivity contribution < 1.29 is 13.5 Å². The molecule has 1 saturated heterocycles. The van der Waals surface area contributed by atoms with Crippen molar-refractivity contribution in [1.82, 2.24) is 4.90 Å². The van der Waals surface area contributed by atoms with E-state index in [0.717, 1.165) is 25.2 Å². The van der Waals surface area contributed by atoms with E-state index in [4.69, 9.17) is 10.5 Å². The van der Waals surface area contributed by atoms with Gasteiger partial charge in [0.25, 0.3) is 0 Å². The zero-order valence-corrected chi connectivity index (χ0v) is 10.9. The maximum Gasteiger partial charge on any atom is 0.162 e. The Labute approximate surface area is 112 Å². The van der Waals surface area contributed by atoms with E-state index >= 15 is 0 Å². The molecule has 19 heavy (non-hydrogen) atoms. The lowest BCUT2D eigenvalue weighted by molar-refractivity contribution is 0.118. The number of nitrogens with zero attached hydrogens (tertiary/aromatic N) is 1. The van der Waals surface area contributed by atoms with E-state index in [9.17, 15) is 8.78 Å². The van der Waals surface area contributed by atoms with Crippen LogP contribution in [0.3, 0.4) is 0 Å². The second-order valence-corrected chi connectivity index (χ2v) is 4.87. The summed E-state index contributed by atoms with van der Waals surface area (Å²) >= 11 is 0. The summed E-state index contributed by atoms with van der Waals surface area (Å²) in [7, 11) is 0. The Morgan fingerprint density at radius 3 is 2.53 bits per heavy atom. The van der Waals surface area contributed by atoms with Crippen molar-refractivity contribution in [3.63, 3.8) is 0 Å². The molecule has 1 aromatic carbocycles. The van der Waals surface area contributed by atoms with E-state index in [0.29, 0.717) is 18.9 Å². The Morgan fingerprint density at radius 2 is 1.89 bits per heavy atom. The topological polar surface area (TPSA) is 38.5 Å². The third-order valence-electron chi connectivity index (χ3n) is 3.51. The molecule has 0 spiro atoms. The molecule has 2 N–H and O–H groups in total. The van der Waals surface area contributed by atoms with Crippen molar-refractivity contribution in [2.45, 2.75) is 25.3 Å². The SMILES string of the molecule is NCC(COc1ccc(F)c(F)c1)N1CCCCC1. The van der Waals surface area contributed by atoms with Crippen LogP contribution in [0, 0.1) is 11.6 Å². The molecule has 1 heterocycles. The third kappa shape index (κ3) is 3.88. The average molecular weight is 270 g/mol. The van der Waals surface area contributed by atoms with Crippen molar-refractivity contribution >= 4 is 0 Å². The molecule has 0 radical (unpaired) electrons. The molecule has 3 nitrogen and oxygen atoms in total. The highest BCUT2D eigenvalue weighted by atomic mass is 19.2. The van der Waals surface area contributed by atoms with Crippen LogP contribution in [0.25, 0.3) is 0 Å². The Bertz CT molecular complexity index is 408. The van der Waals surface area contributed by atoms with Gasteiger partial charge in [-0.3, -0.25) is 4.90 Å². The van der Waals surface area contributed by atoms with E-state index in [1.807, 2.05) is 0 Å². The number of rotatable bonds is 5. The van der Waals surface area contributed by atoms with Crippen LogP contribution < -0.4 is 10.5 Å². The van der Waals surface area contributed by atoms with Gasteiger partial charge in [-0.2, -0.15) is 0 Å². The number of nitrogens with two attached hydrogens (primary N) is 1. The first-order chi connectivity index (χ1) is 9.20. The fourth-order valence-corrected chi connectivity index (χ4v) is 2.37. The fourth-order valence-electron chi connectivity index (χ4n) is 2.37. The van der Waals surface area contributed by atoms with Gasteiger partial charge in [0.05, 0.1) is 6.04 Å². The van der Waals surface area contributed by atoms with Gasteiger partial charge in [-0.25, -0.2) is 8.78 Å². The molecule has 1 fully saturated rings. The predicted octanol–water partition coefficient (Wildman–Crippen LogP) is 2.16. The number of ether oxygens (including phenoxy) is 1. The van der Waals surface area contributed by atoms with Gasteiger partial charge in [-0.15, -0.1) is 0 Å². The first kappa shape index (κ1) is 14.2. The fraction of sp³-hybridized carbons (Fsp3) is 0.571. The number of benzene rings is 1. The minimum atomic E-state index is -0.889. The number of halogens is 2. The molecule has 1 unspecified atom stereocenters. The highest BCUT2D eigenvalue weighted by Gasteiger charge is 2.20. The van der Waals surface area contributed by atoms with E-state index in [1.54, 1.807) is 0 Å². The first-order valence-corrected chi connectivity index (χ1v) is 6.72. The van der Waals surface area contributed by atoms with Crippen molar-refractivity contribution in [3.8, 4) is 5.75 Å². The summed E-state index contributed by atoms with van der Waals surface area (Å²) in [5.74, 6) is -1.41. The lowest BCUT2D eigenvalue weighted by Crippen LogP contribution is -2.46. The molecule has 1 aromatic rings. The predicted molar refractivity (Wildman–Crippen MR) is 70.1 cm³/mol. The second kappa shape index (κ2) is 6.82. The zero-order chi connectivity index (χ0) is 13.7. The summed E-state index contributed by atoms with van der Waals surface area (Å²) in [4.78, 5) is 2.31. The Kier molecular flexibility index (Phi) is 5.10. The normalized spacial score (nSPS) is 18.3. The van der Waals surface area contributed by atoms with Gasteiger partial charge in [0.15, 0.2) is 11.6 Å². The van der Waals surface area contributed by atoms with Gasteiger partial charge in [0.1, 0.15) is 12.4 Å². The molecular weight excluding hydrogens is 250 g/mol. The molecule has 0 saturated carbocycles. The maximum atomic E-state index is 13.1. The highest BCUT2D eigenvalue weighted by Crippen LogP contribution is 2.17. The monoisotopic (exact) mass is 270 g/mol. The maximum absolute atomic E-state index is 13.1. The molecule has 0 aromatic heterocycles. The molecule has 106 valence electrons. The van der Waals surface area contributed by atoms with Crippen LogP contribution >= 0.6 is 0 Å². The van der Waals surface area contributed by atoms with E-state index in [2.05, 4.69) is 4.90 Å². The highest BCUT2D eigenvalue weighted by molar-refractivity contribution is 5.23. The minimum absolute atomic E-state index is 0.133. The molecule has 5 heteroatoms. The second-order valence-electron chi connectivity index (χ2n) is 4.87. The quantitative estimate of drug-likeness (QED) is 0.891. The van der Waals surface area contributed by atoms with Crippen LogP contribution in [-0.4, -0.2) is 37.2 Å². The number of hydrogen-bond donors (Lipinski definition) is 1. The molecule has 0 aliphatic carbocycles. The van der Waals surface area contributed by atoms with Crippen molar-refractivity contribution in [2.24, 2.45) is 5.73 Å². The van der Waals surface area contributed by atoms with Gasteiger partial charge in [-0.05, 0) is 38.1 Å². The average Bonchev–Trinajstić information content (AvgIpc) is 2.44. The number of piperidine rings is 1. The first-order valence-electron chi connectivity index (χ1n) is 6.72. The number of likely N-dealkylation sites (tertiary alicyclic amines) is 1. The van der Waals surface area contributed by atoms with Crippen molar-refractivity contribution in [1.29, 1.82) is 0 Å². The van der Waals surface area contributed by atoms with Crippen LogP contribution in [0.5, 0.6) is 5.75 Å².